The van der Waals surface area contributed by atoms with E-state index in [0.717, 1.165) is 32.6 Å². The summed E-state index contributed by atoms with van der Waals surface area (Å²) in [7, 11) is 0. The Bertz CT molecular complexity index is 419. The third kappa shape index (κ3) is 3.35. The minimum absolute atomic E-state index is 0.194. The van der Waals surface area contributed by atoms with Crippen LogP contribution in [0.25, 0.3) is 0 Å². The van der Waals surface area contributed by atoms with Crippen molar-refractivity contribution in [1.29, 1.82) is 0 Å². The van der Waals surface area contributed by atoms with Crippen molar-refractivity contribution in [3.05, 3.63) is 35.4 Å². The Morgan fingerprint density at radius 3 is 2.21 bits per heavy atom. The van der Waals surface area contributed by atoms with E-state index in [0.29, 0.717) is 6.04 Å². The van der Waals surface area contributed by atoms with Gasteiger partial charge in [0.2, 0.25) is 5.91 Å². The van der Waals surface area contributed by atoms with Gasteiger partial charge in [-0.2, -0.15) is 0 Å². The second-order valence-corrected chi connectivity index (χ2v) is 5.31. The molecule has 1 fully saturated rings. The average Bonchev–Trinajstić information content (AvgIpc) is 2.46. The molecule has 1 aliphatic heterocycles. The molecule has 3 nitrogen and oxygen atoms in total. The van der Waals surface area contributed by atoms with Crippen molar-refractivity contribution in [2.45, 2.75) is 33.2 Å². The minimum Gasteiger partial charge on any atom is -0.340 e. The highest BCUT2D eigenvalue weighted by Gasteiger charge is 2.22. The van der Waals surface area contributed by atoms with E-state index in [9.17, 15) is 4.79 Å². The van der Waals surface area contributed by atoms with E-state index in [2.05, 4.69) is 43.0 Å². The summed E-state index contributed by atoms with van der Waals surface area (Å²) in [5, 5.41) is 0. The van der Waals surface area contributed by atoms with Crippen LogP contribution in [0.1, 0.15) is 37.9 Å². The van der Waals surface area contributed by atoms with Crippen LogP contribution in [0.4, 0.5) is 0 Å². The average molecular weight is 260 g/mol. The monoisotopic (exact) mass is 260 g/mol. The van der Waals surface area contributed by atoms with Crippen LogP contribution < -0.4 is 0 Å². The number of carbonyl (C=O) groups is 1. The van der Waals surface area contributed by atoms with Gasteiger partial charge in [-0.25, -0.2) is 0 Å². The Balaban J connectivity index is 1.96. The number of rotatable bonds is 3. The van der Waals surface area contributed by atoms with Gasteiger partial charge in [0.15, 0.2) is 0 Å². The summed E-state index contributed by atoms with van der Waals surface area (Å²) in [5.41, 5.74) is 2.76. The second kappa shape index (κ2) is 6.20. The predicted octanol–water partition coefficient (Wildman–Crippen LogP) is 2.47. The molecular formula is C16H24N2O. The standard InChI is InChI=1S/C16H24N2O/c1-4-15-5-7-16(8-6-15)13(2)17-9-11-18(12-10-17)14(3)19/h5-8,13H,4,9-12H2,1-3H3. The lowest BCUT2D eigenvalue weighted by atomic mass is 10.0. The molecule has 1 aliphatic rings. The first-order valence-corrected chi connectivity index (χ1v) is 7.20. The first-order chi connectivity index (χ1) is 9.11. The Labute approximate surface area is 116 Å². The predicted molar refractivity (Wildman–Crippen MR) is 78.1 cm³/mol. The Hall–Kier alpha value is -1.35. The van der Waals surface area contributed by atoms with Crippen molar-refractivity contribution in [2.24, 2.45) is 0 Å². The van der Waals surface area contributed by atoms with Crippen molar-refractivity contribution in [1.82, 2.24) is 9.80 Å². The van der Waals surface area contributed by atoms with Gasteiger partial charge in [-0.05, 0) is 24.5 Å². The van der Waals surface area contributed by atoms with E-state index in [-0.39, 0.29) is 5.91 Å². The molecule has 1 amide bonds. The molecule has 1 heterocycles. The van der Waals surface area contributed by atoms with E-state index in [4.69, 9.17) is 0 Å². The molecule has 1 saturated heterocycles. The van der Waals surface area contributed by atoms with Gasteiger partial charge in [-0.1, -0.05) is 31.2 Å². The number of hydrogen-bond acceptors (Lipinski definition) is 2. The number of benzene rings is 1. The number of hydrogen-bond donors (Lipinski definition) is 0. The van der Waals surface area contributed by atoms with Gasteiger partial charge >= 0.3 is 0 Å². The van der Waals surface area contributed by atoms with E-state index >= 15 is 0 Å². The van der Waals surface area contributed by atoms with Crippen LogP contribution in [0.5, 0.6) is 0 Å². The number of nitrogens with zero attached hydrogens (tertiary/aromatic N) is 2. The minimum atomic E-state index is 0.194. The molecule has 3 heteroatoms. The van der Waals surface area contributed by atoms with Crippen LogP contribution in [0.15, 0.2) is 24.3 Å². The maximum absolute atomic E-state index is 11.3. The maximum atomic E-state index is 11.3. The number of piperazine rings is 1. The van der Waals surface area contributed by atoms with Gasteiger partial charge in [0, 0.05) is 39.1 Å². The first kappa shape index (κ1) is 14.1. The number of carbonyl (C=O) groups excluding carboxylic acids is 1. The Kier molecular flexibility index (Phi) is 4.59. The molecule has 0 radical (unpaired) electrons. The van der Waals surface area contributed by atoms with E-state index < -0.39 is 0 Å². The molecule has 1 aromatic carbocycles. The van der Waals surface area contributed by atoms with Crippen molar-refractivity contribution < 1.29 is 4.79 Å². The molecule has 0 bridgehead atoms. The van der Waals surface area contributed by atoms with E-state index in [1.165, 1.54) is 11.1 Å². The molecule has 0 spiro atoms. The summed E-state index contributed by atoms with van der Waals surface area (Å²) < 4.78 is 0. The molecule has 2 rings (SSSR count). The molecule has 0 aromatic heterocycles. The molecule has 19 heavy (non-hydrogen) atoms. The van der Waals surface area contributed by atoms with Crippen molar-refractivity contribution in [3.8, 4) is 0 Å². The van der Waals surface area contributed by atoms with Gasteiger partial charge in [0.05, 0.1) is 0 Å². The van der Waals surface area contributed by atoms with Crippen molar-refractivity contribution in [2.75, 3.05) is 26.2 Å². The largest absolute Gasteiger partial charge is 0.340 e. The van der Waals surface area contributed by atoms with Gasteiger partial charge in [0.25, 0.3) is 0 Å². The van der Waals surface area contributed by atoms with Gasteiger partial charge in [0.1, 0.15) is 0 Å². The fourth-order valence-corrected chi connectivity index (χ4v) is 2.67. The van der Waals surface area contributed by atoms with Gasteiger partial charge in [-0.3, -0.25) is 9.69 Å². The van der Waals surface area contributed by atoms with Crippen LogP contribution in [-0.4, -0.2) is 41.9 Å². The van der Waals surface area contributed by atoms with Crippen LogP contribution in [0.2, 0.25) is 0 Å². The van der Waals surface area contributed by atoms with Crippen LogP contribution >= 0.6 is 0 Å². The number of aryl methyl sites for hydroxylation is 1. The zero-order chi connectivity index (χ0) is 13.8. The highest BCUT2D eigenvalue weighted by Crippen LogP contribution is 2.22. The Morgan fingerprint density at radius 2 is 1.74 bits per heavy atom. The van der Waals surface area contributed by atoms with Crippen LogP contribution in [0, 0.1) is 0 Å². The molecule has 0 N–H and O–H groups in total. The zero-order valence-corrected chi connectivity index (χ0v) is 12.2. The summed E-state index contributed by atoms with van der Waals surface area (Å²) in [5.74, 6) is 0.194. The SMILES string of the molecule is CCc1ccc(C(C)N2CCN(C(C)=O)CC2)cc1. The third-order valence-corrected chi connectivity index (χ3v) is 4.18. The number of amides is 1. The lowest BCUT2D eigenvalue weighted by Crippen LogP contribution is -2.48. The summed E-state index contributed by atoms with van der Waals surface area (Å²) >= 11 is 0. The van der Waals surface area contributed by atoms with Gasteiger partial charge < -0.3 is 4.90 Å². The lowest BCUT2D eigenvalue weighted by molar-refractivity contribution is -0.130. The van der Waals surface area contributed by atoms with Crippen molar-refractivity contribution >= 4 is 5.91 Å². The lowest BCUT2D eigenvalue weighted by Gasteiger charge is -2.37. The normalized spacial score (nSPS) is 18.4. The highest BCUT2D eigenvalue weighted by atomic mass is 16.2. The molecule has 104 valence electrons. The fourth-order valence-electron chi connectivity index (χ4n) is 2.67. The molecule has 0 aliphatic carbocycles. The quantitative estimate of drug-likeness (QED) is 0.833. The molecule has 1 atom stereocenters. The molecule has 1 aromatic rings. The van der Waals surface area contributed by atoms with E-state index in [1.807, 2.05) is 4.90 Å². The molecule has 1 unspecified atom stereocenters. The van der Waals surface area contributed by atoms with Gasteiger partial charge in [-0.15, -0.1) is 0 Å². The zero-order valence-electron chi connectivity index (χ0n) is 12.2. The second-order valence-electron chi connectivity index (χ2n) is 5.31. The summed E-state index contributed by atoms with van der Waals surface area (Å²) in [6, 6.07) is 9.34. The van der Waals surface area contributed by atoms with Crippen LogP contribution in [0.3, 0.4) is 0 Å². The summed E-state index contributed by atoms with van der Waals surface area (Å²) in [4.78, 5) is 15.7. The Morgan fingerprint density at radius 1 is 1.16 bits per heavy atom. The smallest absolute Gasteiger partial charge is 0.219 e. The highest BCUT2D eigenvalue weighted by molar-refractivity contribution is 5.73. The fraction of sp³-hybridized carbons (Fsp3) is 0.562. The summed E-state index contributed by atoms with van der Waals surface area (Å²) in [6.07, 6.45) is 1.09. The van der Waals surface area contributed by atoms with Crippen molar-refractivity contribution in [3.63, 3.8) is 0 Å². The van der Waals surface area contributed by atoms with E-state index in [1.54, 1.807) is 6.92 Å². The molecular weight excluding hydrogens is 236 g/mol. The van der Waals surface area contributed by atoms with Crippen LogP contribution in [-0.2, 0) is 11.2 Å². The summed E-state index contributed by atoms with van der Waals surface area (Å²) in [6.45, 7) is 9.73. The first-order valence-electron chi connectivity index (χ1n) is 7.20. The molecule has 0 saturated carbocycles. The third-order valence-electron chi connectivity index (χ3n) is 4.18. The topological polar surface area (TPSA) is 23.6 Å². The maximum Gasteiger partial charge on any atom is 0.219 e.